The molecule has 0 heterocycles. The van der Waals surface area contributed by atoms with E-state index in [2.05, 4.69) is 8.92 Å². The molecule has 0 saturated carbocycles. The molecule has 8 nitrogen and oxygen atoms in total. The molecule has 0 radical (unpaired) electrons. The second kappa shape index (κ2) is 12.6. The minimum atomic E-state index is -6.05. The number of esters is 1. The summed E-state index contributed by atoms with van der Waals surface area (Å²) in [6.45, 7) is 0.347. The van der Waals surface area contributed by atoms with Crippen molar-refractivity contribution in [2.75, 3.05) is 25.2 Å². The molecule has 16 heteroatoms. The molecule has 0 N–H and O–H groups in total. The lowest BCUT2D eigenvalue weighted by Gasteiger charge is -2.25. The Morgan fingerprint density at radius 3 is 2.23 bits per heavy atom. The summed E-state index contributed by atoms with van der Waals surface area (Å²) in [5, 5.41) is 0.0620. The summed E-state index contributed by atoms with van der Waals surface area (Å²) < 4.78 is 115. The summed E-state index contributed by atoms with van der Waals surface area (Å²) in [6, 6.07) is 8.29. The summed E-state index contributed by atoms with van der Waals surface area (Å²) in [7, 11) is -5.02. The van der Waals surface area contributed by atoms with Crippen molar-refractivity contribution in [3.05, 3.63) is 64.7 Å². The van der Waals surface area contributed by atoms with Gasteiger partial charge in [0.25, 0.3) is 0 Å². The highest BCUT2D eigenvalue weighted by Gasteiger charge is 2.49. The Kier molecular flexibility index (Phi) is 10.3. The fourth-order valence-electron chi connectivity index (χ4n) is 3.04. The van der Waals surface area contributed by atoms with E-state index in [4.69, 9.17) is 16.3 Å². The Labute approximate surface area is 223 Å². The van der Waals surface area contributed by atoms with Crippen molar-refractivity contribution in [1.82, 2.24) is 0 Å². The van der Waals surface area contributed by atoms with Crippen molar-refractivity contribution in [1.29, 1.82) is 0 Å². The Morgan fingerprint density at radius 1 is 1.03 bits per heavy atom. The predicted octanol–water partition coefficient (Wildman–Crippen LogP) is 5.72. The molecule has 0 unspecified atom stereocenters. The molecule has 0 spiro atoms. The minimum Gasteiger partial charge on any atom is -0.491 e. The Bertz CT molecular complexity index is 1340. The van der Waals surface area contributed by atoms with Crippen LogP contribution < -0.4 is 9.64 Å². The molecule has 2 aromatic carbocycles. The van der Waals surface area contributed by atoms with E-state index >= 15 is 0 Å². The van der Waals surface area contributed by atoms with E-state index in [9.17, 15) is 44.3 Å². The number of alkyl halides is 6. The summed E-state index contributed by atoms with van der Waals surface area (Å²) in [5.74, 6) is -4.17. The molecule has 0 aliphatic carbocycles. The number of hydrogen-bond donors (Lipinski definition) is 0. The first-order chi connectivity index (χ1) is 18.0. The lowest BCUT2D eigenvalue weighted by Crippen LogP contribution is -2.41. The smallest absolute Gasteiger partial charge is 0.491 e. The topological polar surface area (TPSA) is 99.2 Å². The third-order valence-electron chi connectivity index (χ3n) is 4.77. The molecule has 39 heavy (non-hydrogen) atoms. The second-order valence-electron chi connectivity index (χ2n) is 7.42. The zero-order chi connectivity index (χ0) is 29.6. The van der Waals surface area contributed by atoms with Crippen LogP contribution in [0.1, 0.15) is 29.3 Å². The van der Waals surface area contributed by atoms with Crippen LogP contribution in [0.2, 0.25) is 5.02 Å². The molecule has 2 rings (SSSR count). The van der Waals surface area contributed by atoms with Gasteiger partial charge in [-0.1, -0.05) is 23.7 Å². The number of amides is 1. The average molecular weight is 604 g/mol. The van der Waals surface area contributed by atoms with Crippen molar-refractivity contribution in [2.24, 2.45) is 0 Å². The molecule has 0 fully saturated rings. The molecule has 0 atom stereocenters. The fourth-order valence-corrected chi connectivity index (χ4v) is 3.72. The van der Waals surface area contributed by atoms with Crippen molar-refractivity contribution < 1.29 is 58.0 Å². The van der Waals surface area contributed by atoms with Crippen molar-refractivity contribution in [3.63, 3.8) is 0 Å². The normalized spacial score (nSPS) is 12.6. The maximum Gasteiger partial charge on any atom is 0.534 e. The second-order valence-corrected chi connectivity index (χ2v) is 9.39. The Morgan fingerprint density at radius 2 is 1.69 bits per heavy atom. The SMILES string of the molecule is CCN(C(=O)C(F)(F)F)c1cc(C(=O)OC)ccc1OCC/C=C(/OS(=O)(=O)C(F)(F)F)c1cccc(Cl)c1. The van der Waals surface area contributed by atoms with E-state index < -0.39 is 58.3 Å². The molecule has 0 bridgehead atoms. The maximum atomic E-state index is 13.1. The number of ether oxygens (including phenoxy) is 2. The predicted molar refractivity (Wildman–Crippen MR) is 127 cm³/mol. The van der Waals surface area contributed by atoms with E-state index in [1.54, 1.807) is 0 Å². The lowest BCUT2D eigenvalue weighted by atomic mass is 10.1. The third kappa shape index (κ3) is 8.26. The van der Waals surface area contributed by atoms with E-state index in [0.717, 1.165) is 37.5 Å². The number of benzene rings is 2. The van der Waals surface area contributed by atoms with Gasteiger partial charge < -0.3 is 18.6 Å². The molecule has 214 valence electrons. The van der Waals surface area contributed by atoms with Crippen molar-refractivity contribution in [2.45, 2.75) is 25.0 Å². The number of nitrogens with zero attached hydrogens (tertiary/aromatic N) is 1. The van der Waals surface area contributed by atoms with Gasteiger partial charge in [-0.05, 0) is 43.3 Å². The van der Waals surface area contributed by atoms with Crippen LogP contribution in [0.15, 0.2) is 48.5 Å². The number of anilines is 1. The van der Waals surface area contributed by atoms with Crippen LogP contribution in [0.4, 0.5) is 32.0 Å². The van der Waals surface area contributed by atoms with E-state index in [0.29, 0.717) is 4.90 Å². The number of hydrogen-bond acceptors (Lipinski definition) is 7. The van der Waals surface area contributed by atoms with Crippen LogP contribution in [0.5, 0.6) is 5.75 Å². The number of halogens is 7. The van der Waals surface area contributed by atoms with Gasteiger partial charge in [-0.15, -0.1) is 0 Å². The highest BCUT2D eigenvalue weighted by Crippen LogP contribution is 2.34. The monoisotopic (exact) mass is 603 g/mol. The van der Waals surface area contributed by atoms with Gasteiger partial charge in [0.05, 0.1) is 25.0 Å². The number of methoxy groups -OCH3 is 1. The molecule has 0 aliphatic heterocycles. The quantitative estimate of drug-likeness (QED) is 0.0856. The standard InChI is InChI=1S/C23H20ClF6NO7S/c1-3-31(21(33)22(25,26)27)17-13-15(20(32)36-2)9-10-19(17)37-11-5-8-18(14-6-4-7-16(24)12-14)38-39(34,35)23(28,29)30/h4,6-10,12-13H,3,5,11H2,1-2H3/b18-8+. The molecule has 1 amide bonds. The molecule has 0 saturated heterocycles. The first kappa shape index (κ1) is 31.8. The van der Waals surface area contributed by atoms with Gasteiger partial charge in [-0.2, -0.15) is 34.8 Å². The summed E-state index contributed by atoms with van der Waals surface area (Å²) >= 11 is 5.83. The third-order valence-corrected chi connectivity index (χ3v) is 5.97. The van der Waals surface area contributed by atoms with Crippen LogP contribution in [-0.2, 0) is 23.8 Å². The Balaban J connectivity index is 2.40. The zero-order valence-electron chi connectivity index (χ0n) is 20.1. The highest BCUT2D eigenvalue weighted by atomic mass is 35.5. The van der Waals surface area contributed by atoms with E-state index in [1.165, 1.54) is 25.1 Å². The number of rotatable bonds is 10. The van der Waals surface area contributed by atoms with Gasteiger partial charge in [0.2, 0.25) is 0 Å². The fraction of sp³-hybridized carbons (Fsp3) is 0.304. The molecular formula is C23H20ClF6NO7S. The summed E-state index contributed by atoms with van der Waals surface area (Å²) in [6.07, 6.45) is -4.63. The molecule has 0 aromatic heterocycles. The molecule has 2 aromatic rings. The largest absolute Gasteiger partial charge is 0.534 e. The van der Waals surface area contributed by atoms with E-state index in [1.807, 2.05) is 0 Å². The first-order valence-electron chi connectivity index (χ1n) is 10.7. The zero-order valence-corrected chi connectivity index (χ0v) is 21.7. The van der Waals surface area contributed by atoms with Gasteiger partial charge in [0, 0.05) is 23.6 Å². The molecular weight excluding hydrogens is 584 g/mol. The van der Waals surface area contributed by atoms with Gasteiger partial charge >= 0.3 is 33.7 Å². The maximum absolute atomic E-state index is 13.1. The summed E-state index contributed by atoms with van der Waals surface area (Å²) in [4.78, 5) is 24.2. The van der Waals surface area contributed by atoms with Gasteiger partial charge in [0.15, 0.2) is 0 Å². The van der Waals surface area contributed by atoms with Crippen LogP contribution in [0.3, 0.4) is 0 Å². The van der Waals surface area contributed by atoms with Crippen LogP contribution in [-0.4, -0.2) is 52.2 Å². The van der Waals surface area contributed by atoms with Crippen LogP contribution in [0, 0.1) is 0 Å². The average Bonchev–Trinajstić information content (AvgIpc) is 2.85. The van der Waals surface area contributed by atoms with Crippen molar-refractivity contribution >= 4 is 45.0 Å². The van der Waals surface area contributed by atoms with Crippen LogP contribution in [0.25, 0.3) is 5.76 Å². The minimum absolute atomic E-state index is 0.0620. The highest BCUT2D eigenvalue weighted by molar-refractivity contribution is 7.87. The first-order valence-corrected chi connectivity index (χ1v) is 12.5. The van der Waals surface area contributed by atoms with E-state index in [-0.39, 0.29) is 28.3 Å². The number of carbonyl (C=O) groups excluding carboxylic acids is 2. The van der Waals surface area contributed by atoms with Gasteiger partial charge in [-0.3, -0.25) is 4.79 Å². The molecule has 0 aliphatic rings. The lowest BCUT2D eigenvalue weighted by molar-refractivity contribution is -0.170. The van der Waals surface area contributed by atoms with Crippen molar-refractivity contribution in [3.8, 4) is 5.75 Å². The van der Waals surface area contributed by atoms with Crippen LogP contribution >= 0.6 is 11.6 Å². The summed E-state index contributed by atoms with van der Waals surface area (Å²) in [5.41, 5.74) is -6.47. The Hall–Kier alpha value is -3.46. The number of carbonyl (C=O) groups is 2. The van der Waals surface area contributed by atoms with Gasteiger partial charge in [-0.25, -0.2) is 4.79 Å². The van der Waals surface area contributed by atoms with Gasteiger partial charge in [0.1, 0.15) is 11.5 Å².